The van der Waals surface area contributed by atoms with Gasteiger partial charge in [0, 0.05) is 21.4 Å². The molecule has 5 heteroatoms. The zero-order valence-corrected chi connectivity index (χ0v) is 11.7. The number of aromatic nitrogens is 1. The largest absolute Gasteiger partial charge is 0.481 e. The molecule has 0 saturated heterocycles. The first-order valence-corrected chi connectivity index (χ1v) is 7.30. The molecular weight excluding hydrogens is 282 g/mol. The maximum Gasteiger partial charge on any atom is 0.308 e. The van der Waals surface area contributed by atoms with Gasteiger partial charge in [0.05, 0.1) is 12.1 Å². The third kappa shape index (κ3) is 2.80. The molecule has 3 nitrogen and oxygen atoms in total. The second-order valence-electron chi connectivity index (χ2n) is 4.68. The molecule has 0 spiro atoms. The van der Waals surface area contributed by atoms with Crippen molar-refractivity contribution >= 4 is 28.9 Å². The summed E-state index contributed by atoms with van der Waals surface area (Å²) in [6, 6.07) is 7.49. The molecule has 0 radical (unpaired) electrons. The molecule has 1 N–H and O–H groups in total. The second kappa shape index (κ2) is 4.94. The molecule has 1 aromatic carbocycles. The lowest BCUT2D eigenvalue weighted by atomic mass is 10.2. The van der Waals surface area contributed by atoms with Crippen LogP contribution in [0, 0.1) is 0 Å². The Bertz CT molecular complexity index is 617. The van der Waals surface area contributed by atoms with Crippen molar-refractivity contribution < 1.29 is 9.90 Å². The molecular formula is C14H12ClNO2S. The summed E-state index contributed by atoms with van der Waals surface area (Å²) < 4.78 is 0. The van der Waals surface area contributed by atoms with E-state index in [4.69, 9.17) is 16.7 Å². The summed E-state index contributed by atoms with van der Waals surface area (Å²) in [6.07, 6.45) is 2.31. The Morgan fingerprint density at radius 2 is 2.05 bits per heavy atom. The molecule has 3 rings (SSSR count). The van der Waals surface area contributed by atoms with Gasteiger partial charge >= 0.3 is 5.97 Å². The molecule has 98 valence electrons. The quantitative estimate of drug-likeness (QED) is 0.928. The molecule has 2 aromatic rings. The normalized spacial score (nSPS) is 14.6. The Labute approximate surface area is 119 Å². The zero-order valence-electron chi connectivity index (χ0n) is 10.1. The number of hydrogen-bond acceptors (Lipinski definition) is 3. The molecule has 1 aliphatic carbocycles. The van der Waals surface area contributed by atoms with E-state index in [2.05, 4.69) is 4.98 Å². The summed E-state index contributed by atoms with van der Waals surface area (Å²) in [5, 5.41) is 10.5. The van der Waals surface area contributed by atoms with Crippen molar-refractivity contribution in [3.05, 3.63) is 39.9 Å². The van der Waals surface area contributed by atoms with Crippen LogP contribution < -0.4 is 0 Å². The van der Waals surface area contributed by atoms with Crippen molar-refractivity contribution in [2.75, 3.05) is 0 Å². The van der Waals surface area contributed by atoms with E-state index in [1.54, 1.807) is 0 Å². The molecule has 1 fully saturated rings. The van der Waals surface area contributed by atoms with E-state index in [-0.39, 0.29) is 6.42 Å². The molecule has 0 amide bonds. The van der Waals surface area contributed by atoms with Gasteiger partial charge in [-0.05, 0) is 25.0 Å². The van der Waals surface area contributed by atoms with Gasteiger partial charge in [0.2, 0.25) is 0 Å². The van der Waals surface area contributed by atoms with Crippen LogP contribution in [0.2, 0.25) is 5.02 Å². The van der Waals surface area contributed by atoms with Crippen molar-refractivity contribution in [3.63, 3.8) is 0 Å². The minimum Gasteiger partial charge on any atom is -0.481 e. The highest BCUT2D eigenvalue weighted by Crippen LogP contribution is 2.44. The standard InChI is InChI=1S/C14H12ClNO2S/c15-10-5-3-9(4-6-10)14-16-13(8-1-2-8)11(19-14)7-12(17)18/h3-6,8H,1-2,7H2,(H,17,18). The predicted molar refractivity (Wildman–Crippen MR) is 75.9 cm³/mol. The van der Waals surface area contributed by atoms with Crippen molar-refractivity contribution in [3.8, 4) is 10.6 Å². The number of carbonyl (C=O) groups is 1. The van der Waals surface area contributed by atoms with Crippen LogP contribution in [0.5, 0.6) is 0 Å². The summed E-state index contributed by atoms with van der Waals surface area (Å²) in [4.78, 5) is 16.4. The van der Waals surface area contributed by atoms with E-state index < -0.39 is 5.97 Å². The van der Waals surface area contributed by atoms with Gasteiger partial charge in [0.15, 0.2) is 0 Å². The van der Waals surface area contributed by atoms with Crippen molar-refractivity contribution in [2.24, 2.45) is 0 Å². The summed E-state index contributed by atoms with van der Waals surface area (Å²) in [5.41, 5.74) is 1.98. The Morgan fingerprint density at radius 1 is 1.37 bits per heavy atom. The Hall–Kier alpha value is -1.39. The van der Waals surface area contributed by atoms with E-state index in [0.717, 1.165) is 34.0 Å². The van der Waals surface area contributed by atoms with Gasteiger partial charge in [-0.1, -0.05) is 23.7 Å². The first-order valence-electron chi connectivity index (χ1n) is 6.11. The average molecular weight is 294 g/mol. The zero-order chi connectivity index (χ0) is 13.4. The van der Waals surface area contributed by atoms with E-state index in [0.29, 0.717) is 10.9 Å². The predicted octanol–water partition coefficient (Wildman–Crippen LogP) is 3.97. The lowest BCUT2D eigenvalue weighted by molar-refractivity contribution is -0.136. The van der Waals surface area contributed by atoms with E-state index >= 15 is 0 Å². The van der Waals surface area contributed by atoms with Crippen molar-refractivity contribution in [2.45, 2.75) is 25.2 Å². The highest BCUT2D eigenvalue weighted by atomic mass is 35.5. The molecule has 1 heterocycles. The van der Waals surface area contributed by atoms with Crippen molar-refractivity contribution in [1.29, 1.82) is 0 Å². The number of carboxylic acid groups (broad SMARTS) is 1. The Morgan fingerprint density at radius 3 is 2.63 bits per heavy atom. The fourth-order valence-corrected chi connectivity index (χ4v) is 3.29. The summed E-state index contributed by atoms with van der Waals surface area (Å²) in [7, 11) is 0. The van der Waals surface area contributed by atoms with Crippen LogP contribution in [0.15, 0.2) is 24.3 Å². The summed E-state index contributed by atoms with van der Waals surface area (Å²) in [6.45, 7) is 0. The lowest BCUT2D eigenvalue weighted by Gasteiger charge is -1.95. The van der Waals surface area contributed by atoms with Crippen molar-refractivity contribution in [1.82, 2.24) is 4.98 Å². The molecule has 0 atom stereocenters. The molecule has 0 bridgehead atoms. The lowest BCUT2D eigenvalue weighted by Crippen LogP contribution is -2.00. The van der Waals surface area contributed by atoms with E-state index in [9.17, 15) is 4.79 Å². The monoisotopic (exact) mass is 293 g/mol. The average Bonchev–Trinajstić information content (AvgIpc) is 3.12. The molecule has 1 saturated carbocycles. The van der Waals surface area contributed by atoms with Gasteiger partial charge in [-0.25, -0.2) is 4.98 Å². The number of carboxylic acids is 1. The Balaban J connectivity index is 1.97. The number of rotatable bonds is 4. The molecule has 0 unspecified atom stereocenters. The van der Waals surface area contributed by atoms with Gasteiger partial charge in [-0.15, -0.1) is 11.3 Å². The fourth-order valence-electron chi connectivity index (χ4n) is 2.02. The second-order valence-corrected chi connectivity index (χ2v) is 6.20. The maximum atomic E-state index is 10.9. The van der Waals surface area contributed by atoms with E-state index in [1.165, 1.54) is 11.3 Å². The third-order valence-electron chi connectivity index (χ3n) is 3.09. The third-order valence-corrected chi connectivity index (χ3v) is 4.47. The number of halogens is 1. The minimum absolute atomic E-state index is 0.0666. The van der Waals surface area contributed by atoms with Crippen LogP contribution in [0.4, 0.5) is 0 Å². The van der Waals surface area contributed by atoms with Gasteiger partial charge in [-0.2, -0.15) is 0 Å². The first-order chi connectivity index (χ1) is 9.13. The van der Waals surface area contributed by atoms with Gasteiger partial charge < -0.3 is 5.11 Å². The van der Waals surface area contributed by atoms with Crippen LogP contribution in [0.25, 0.3) is 10.6 Å². The maximum absolute atomic E-state index is 10.9. The van der Waals surface area contributed by atoms with Crippen LogP contribution in [0.3, 0.4) is 0 Å². The number of thiazole rings is 1. The van der Waals surface area contributed by atoms with Crippen LogP contribution in [-0.4, -0.2) is 16.1 Å². The number of nitrogens with zero attached hydrogens (tertiary/aromatic N) is 1. The number of benzene rings is 1. The smallest absolute Gasteiger partial charge is 0.308 e. The van der Waals surface area contributed by atoms with Crippen LogP contribution in [-0.2, 0) is 11.2 Å². The number of aliphatic carboxylic acids is 1. The van der Waals surface area contributed by atoms with Crippen LogP contribution in [0.1, 0.15) is 29.3 Å². The molecule has 19 heavy (non-hydrogen) atoms. The SMILES string of the molecule is O=C(O)Cc1sc(-c2ccc(Cl)cc2)nc1C1CC1. The molecule has 1 aliphatic rings. The van der Waals surface area contributed by atoms with Gasteiger partial charge in [-0.3, -0.25) is 4.79 Å². The number of hydrogen-bond donors (Lipinski definition) is 1. The summed E-state index contributed by atoms with van der Waals surface area (Å²) in [5.74, 6) is -0.333. The van der Waals surface area contributed by atoms with E-state index in [1.807, 2.05) is 24.3 Å². The first kappa shape index (κ1) is 12.6. The fraction of sp³-hybridized carbons (Fsp3) is 0.286. The van der Waals surface area contributed by atoms with Gasteiger partial charge in [0.25, 0.3) is 0 Å². The topological polar surface area (TPSA) is 50.2 Å². The Kier molecular flexibility index (Phi) is 3.29. The highest BCUT2D eigenvalue weighted by molar-refractivity contribution is 7.15. The molecule has 0 aliphatic heterocycles. The van der Waals surface area contributed by atoms with Gasteiger partial charge in [0.1, 0.15) is 5.01 Å². The highest BCUT2D eigenvalue weighted by Gasteiger charge is 2.30. The summed E-state index contributed by atoms with van der Waals surface area (Å²) >= 11 is 7.35. The van der Waals surface area contributed by atoms with Crippen LogP contribution >= 0.6 is 22.9 Å². The minimum atomic E-state index is -0.798. The molecule has 1 aromatic heterocycles.